The third kappa shape index (κ3) is 1.95. The van der Waals surface area contributed by atoms with E-state index in [0.29, 0.717) is 0 Å². The molecule has 0 bridgehead atoms. The van der Waals surface area contributed by atoms with Gasteiger partial charge in [-0.3, -0.25) is 0 Å². The maximum absolute atomic E-state index is 5.84. The fourth-order valence-electron chi connectivity index (χ4n) is 0.951. The molecule has 0 saturated carbocycles. The summed E-state index contributed by atoms with van der Waals surface area (Å²) in [5.74, 6) is 0. The first kappa shape index (κ1) is 8.57. The van der Waals surface area contributed by atoms with Crippen LogP contribution in [0.25, 0.3) is 0 Å². The van der Waals surface area contributed by atoms with E-state index in [0.717, 1.165) is 16.1 Å². The van der Waals surface area contributed by atoms with Gasteiger partial charge < -0.3 is 5.73 Å². The molecule has 0 unspecified atom stereocenters. The number of halogens is 1. The lowest BCUT2D eigenvalue weighted by atomic mass is 10.1. The number of benzene rings is 1. The van der Waals surface area contributed by atoms with Gasteiger partial charge in [0, 0.05) is 11.1 Å². The molecule has 0 radical (unpaired) electrons. The minimum absolute atomic E-state index is 0.0889. The van der Waals surface area contributed by atoms with Gasteiger partial charge in [-0.2, -0.15) is 0 Å². The van der Waals surface area contributed by atoms with Crippen molar-refractivity contribution >= 4 is 11.6 Å². The molecule has 1 rings (SSSR count). The highest BCUT2D eigenvalue weighted by Crippen LogP contribution is 2.19. The molecule has 0 amide bonds. The third-order valence-corrected chi connectivity index (χ3v) is 2.13. The first-order valence-electron chi connectivity index (χ1n) is 3.63. The maximum Gasteiger partial charge on any atom is 0.0435 e. The van der Waals surface area contributed by atoms with Crippen molar-refractivity contribution < 1.29 is 0 Å². The van der Waals surface area contributed by atoms with Crippen LogP contribution in [0, 0.1) is 6.92 Å². The van der Waals surface area contributed by atoms with E-state index in [1.165, 1.54) is 0 Å². The Balaban J connectivity index is 3.05. The molecule has 2 N–H and O–H groups in total. The second-order valence-corrected chi connectivity index (χ2v) is 3.20. The zero-order valence-electron chi connectivity index (χ0n) is 6.76. The van der Waals surface area contributed by atoms with Crippen LogP contribution in [-0.4, -0.2) is 0 Å². The molecule has 0 aliphatic rings. The van der Waals surface area contributed by atoms with E-state index in [-0.39, 0.29) is 6.04 Å². The van der Waals surface area contributed by atoms with E-state index in [4.69, 9.17) is 17.3 Å². The van der Waals surface area contributed by atoms with Gasteiger partial charge in [-0.05, 0) is 31.0 Å². The van der Waals surface area contributed by atoms with Crippen LogP contribution in [-0.2, 0) is 0 Å². The van der Waals surface area contributed by atoms with Crippen molar-refractivity contribution in [2.75, 3.05) is 0 Å². The number of aryl methyl sites for hydroxylation is 1. The molecule has 0 fully saturated rings. The molecular formula is C9H12ClN. The van der Waals surface area contributed by atoms with E-state index in [9.17, 15) is 0 Å². The van der Waals surface area contributed by atoms with E-state index in [1.807, 2.05) is 32.0 Å². The van der Waals surface area contributed by atoms with Crippen LogP contribution < -0.4 is 5.73 Å². The number of rotatable bonds is 1. The average molecular weight is 170 g/mol. The van der Waals surface area contributed by atoms with Gasteiger partial charge in [-0.25, -0.2) is 0 Å². The molecule has 1 aromatic carbocycles. The van der Waals surface area contributed by atoms with Crippen LogP contribution in [0.2, 0.25) is 5.02 Å². The predicted octanol–water partition coefficient (Wildman–Crippen LogP) is 2.67. The first-order valence-corrected chi connectivity index (χ1v) is 4.00. The van der Waals surface area contributed by atoms with E-state index >= 15 is 0 Å². The molecule has 60 valence electrons. The zero-order chi connectivity index (χ0) is 8.43. The van der Waals surface area contributed by atoms with E-state index in [2.05, 4.69) is 0 Å². The van der Waals surface area contributed by atoms with Crippen LogP contribution in [0.4, 0.5) is 0 Å². The SMILES string of the molecule is Cc1cc([C@@H](C)N)ccc1Cl. The van der Waals surface area contributed by atoms with Gasteiger partial charge >= 0.3 is 0 Å². The second kappa shape index (κ2) is 3.24. The third-order valence-electron chi connectivity index (χ3n) is 1.71. The average Bonchev–Trinajstić information content (AvgIpc) is 1.94. The highest BCUT2D eigenvalue weighted by molar-refractivity contribution is 6.31. The van der Waals surface area contributed by atoms with Crippen molar-refractivity contribution in [1.82, 2.24) is 0 Å². The zero-order valence-corrected chi connectivity index (χ0v) is 7.52. The molecule has 0 spiro atoms. The Hall–Kier alpha value is -0.530. The lowest BCUT2D eigenvalue weighted by molar-refractivity contribution is 0.817. The summed E-state index contributed by atoms with van der Waals surface area (Å²) >= 11 is 5.84. The molecule has 0 aromatic heterocycles. The van der Waals surface area contributed by atoms with E-state index in [1.54, 1.807) is 0 Å². The Labute approximate surface area is 72.2 Å². The number of nitrogens with two attached hydrogens (primary N) is 1. The minimum atomic E-state index is 0.0889. The lowest BCUT2D eigenvalue weighted by Crippen LogP contribution is -2.04. The summed E-state index contributed by atoms with van der Waals surface area (Å²) in [6.07, 6.45) is 0. The topological polar surface area (TPSA) is 26.0 Å². The van der Waals surface area contributed by atoms with Crippen LogP contribution in [0.1, 0.15) is 24.1 Å². The Kier molecular flexibility index (Phi) is 2.53. The van der Waals surface area contributed by atoms with Crippen molar-refractivity contribution in [3.63, 3.8) is 0 Å². The lowest BCUT2D eigenvalue weighted by Gasteiger charge is -2.06. The summed E-state index contributed by atoms with van der Waals surface area (Å²) in [7, 11) is 0. The van der Waals surface area contributed by atoms with Gasteiger partial charge in [-0.1, -0.05) is 23.7 Å². The highest BCUT2D eigenvalue weighted by atomic mass is 35.5. The van der Waals surface area contributed by atoms with Crippen molar-refractivity contribution in [2.24, 2.45) is 5.73 Å². The Morgan fingerprint density at radius 2 is 2.09 bits per heavy atom. The molecule has 1 nitrogen and oxygen atoms in total. The summed E-state index contributed by atoms with van der Waals surface area (Å²) in [6, 6.07) is 5.95. The van der Waals surface area contributed by atoms with Gasteiger partial charge in [0.15, 0.2) is 0 Å². The van der Waals surface area contributed by atoms with Gasteiger partial charge in [0.05, 0.1) is 0 Å². The molecule has 0 saturated heterocycles. The van der Waals surface area contributed by atoms with Gasteiger partial charge in [-0.15, -0.1) is 0 Å². The van der Waals surface area contributed by atoms with E-state index < -0.39 is 0 Å². The van der Waals surface area contributed by atoms with Crippen LogP contribution in [0.15, 0.2) is 18.2 Å². The van der Waals surface area contributed by atoms with Crippen molar-refractivity contribution in [3.05, 3.63) is 34.3 Å². The molecule has 1 atom stereocenters. The highest BCUT2D eigenvalue weighted by Gasteiger charge is 2.00. The van der Waals surface area contributed by atoms with Crippen LogP contribution in [0.3, 0.4) is 0 Å². The maximum atomic E-state index is 5.84. The summed E-state index contributed by atoms with van der Waals surface area (Å²) in [5.41, 5.74) is 7.91. The predicted molar refractivity (Wildman–Crippen MR) is 48.8 cm³/mol. The fourth-order valence-corrected chi connectivity index (χ4v) is 1.07. The fraction of sp³-hybridized carbons (Fsp3) is 0.333. The quantitative estimate of drug-likeness (QED) is 0.688. The van der Waals surface area contributed by atoms with Crippen LogP contribution >= 0.6 is 11.6 Å². The largest absolute Gasteiger partial charge is 0.324 e. The monoisotopic (exact) mass is 169 g/mol. The van der Waals surface area contributed by atoms with Gasteiger partial charge in [0.2, 0.25) is 0 Å². The first-order chi connectivity index (χ1) is 5.11. The number of hydrogen-bond acceptors (Lipinski definition) is 1. The van der Waals surface area contributed by atoms with Gasteiger partial charge in [0.1, 0.15) is 0 Å². The molecular weight excluding hydrogens is 158 g/mol. The van der Waals surface area contributed by atoms with Crippen LogP contribution in [0.5, 0.6) is 0 Å². The Bertz CT molecular complexity index is 256. The standard InChI is InChI=1S/C9H12ClN/c1-6-5-8(7(2)11)3-4-9(6)10/h3-5,7H,11H2,1-2H3/t7-/m1/s1. The van der Waals surface area contributed by atoms with Crippen molar-refractivity contribution in [3.8, 4) is 0 Å². The molecule has 11 heavy (non-hydrogen) atoms. The summed E-state index contributed by atoms with van der Waals surface area (Å²) in [4.78, 5) is 0. The Morgan fingerprint density at radius 1 is 1.45 bits per heavy atom. The molecule has 0 aliphatic carbocycles. The van der Waals surface area contributed by atoms with Crippen molar-refractivity contribution in [2.45, 2.75) is 19.9 Å². The minimum Gasteiger partial charge on any atom is -0.324 e. The van der Waals surface area contributed by atoms with Gasteiger partial charge in [0.25, 0.3) is 0 Å². The second-order valence-electron chi connectivity index (χ2n) is 2.80. The number of hydrogen-bond donors (Lipinski definition) is 1. The smallest absolute Gasteiger partial charge is 0.0435 e. The summed E-state index contributed by atoms with van der Waals surface area (Å²) < 4.78 is 0. The normalized spacial score (nSPS) is 13.1. The molecule has 1 aromatic rings. The van der Waals surface area contributed by atoms with Crippen molar-refractivity contribution in [1.29, 1.82) is 0 Å². The molecule has 0 aliphatic heterocycles. The molecule has 0 heterocycles. The summed E-state index contributed by atoms with van der Waals surface area (Å²) in [6.45, 7) is 3.94. The Morgan fingerprint density at radius 3 is 2.55 bits per heavy atom. The summed E-state index contributed by atoms with van der Waals surface area (Å²) in [5, 5.41) is 0.800. The molecule has 2 heteroatoms.